The van der Waals surface area contributed by atoms with E-state index in [1.165, 1.54) is 17.2 Å². The Morgan fingerprint density at radius 2 is 2.21 bits per heavy atom. The zero-order valence-electron chi connectivity index (χ0n) is 11.3. The van der Waals surface area contributed by atoms with Crippen LogP contribution in [-0.4, -0.2) is 35.6 Å². The Hall–Kier alpha value is -2.18. The zero-order chi connectivity index (χ0) is 14.4. The number of carbonyl (C=O) groups excluding carboxylic acids is 1. The van der Waals surface area contributed by atoms with Gasteiger partial charge < -0.3 is 9.64 Å². The highest BCUT2D eigenvalue weighted by Gasteiger charge is 2.22. The van der Waals surface area contributed by atoms with Gasteiger partial charge in [0.1, 0.15) is 6.54 Å². The lowest BCUT2D eigenvalue weighted by Gasteiger charge is -2.20. The predicted molar refractivity (Wildman–Crippen MR) is 70.1 cm³/mol. The highest BCUT2D eigenvalue weighted by molar-refractivity contribution is 5.76. The molecule has 104 valence electrons. The molecule has 0 N–H and O–H groups in total. The quantitative estimate of drug-likeness (QED) is 0.443. The molecule has 0 bridgehead atoms. The summed E-state index contributed by atoms with van der Waals surface area (Å²) >= 11 is 0. The van der Waals surface area contributed by atoms with Gasteiger partial charge in [-0.1, -0.05) is 0 Å². The lowest BCUT2D eigenvalue weighted by molar-refractivity contribution is -0.384. The van der Waals surface area contributed by atoms with Gasteiger partial charge in [0.2, 0.25) is 5.82 Å². The van der Waals surface area contributed by atoms with Crippen LogP contribution in [-0.2, 0) is 9.53 Å². The van der Waals surface area contributed by atoms with E-state index in [2.05, 4.69) is 4.98 Å². The van der Waals surface area contributed by atoms with Crippen LogP contribution in [0, 0.1) is 17.0 Å². The summed E-state index contributed by atoms with van der Waals surface area (Å²) < 4.78 is 4.84. The third-order valence-corrected chi connectivity index (χ3v) is 2.49. The van der Waals surface area contributed by atoms with Crippen LogP contribution in [0.15, 0.2) is 12.3 Å². The Morgan fingerprint density at radius 3 is 2.74 bits per heavy atom. The second-order valence-electron chi connectivity index (χ2n) is 3.93. The fraction of sp³-hybridized carbons (Fsp3) is 0.500. The molecule has 0 aliphatic rings. The van der Waals surface area contributed by atoms with Gasteiger partial charge in [0.15, 0.2) is 0 Å². The first kappa shape index (κ1) is 14.9. The van der Waals surface area contributed by atoms with Crippen LogP contribution in [0.1, 0.15) is 19.4 Å². The molecule has 1 aromatic rings. The van der Waals surface area contributed by atoms with E-state index in [4.69, 9.17) is 4.74 Å². The highest BCUT2D eigenvalue weighted by Crippen LogP contribution is 2.26. The van der Waals surface area contributed by atoms with Crippen LogP contribution in [0.2, 0.25) is 0 Å². The molecule has 1 rings (SSSR count). The van der Waals surface area contributed by atoms with E-state index >= 15 is 0 Å². The van der Waals surface area contributed by atoms with Crippen LogP contribution in [0.4, 0.5) is 11.5 Å². The molecule has 0 atom stereocenters. The maximum Gasteiger partial charge on any atom is 0.325 e. The van der Waals surface area contributed by atoms with Gasteiger partial charge in [0.05, 0.1) is 11.5 Å². The van der Waals surface area contributed by atoms with Gasteiger partial charge in [-0.05, 0) is 26.3 Å². The van der Waals surface area contributed by atoms with E-state index in [-0.39, 0.29) is 24.7 Å². The normalized spacial score (nSPS) is 10.1. The number of ether oxygens (including phenoxy) is 1. The first-order valence-electron chi connectivity index (χ1n) is 6.01. The summed E-state index contributed by atoms with van der Waals surface area (Å²) in [6, 6.07) is 1.44. The fourth-order valence-corrected chi connectivity index (χ4v) is 1.62. The van der Waals surface area contributed by atoms with Gasteiger partial charge in [-0.3, -0.25) is 14.9 Å². The van der Waals surface area contributed by atoms with E-state index in [0.717, 1.165) is 0 Å². The summed E-state index contributed by atoms with van der Waals surface area (Å²) in [4.78, 5) is 27.6. The van der Waals surface area contributed by atoms with Crippen molar-refractivity contribution in [1.82, 2.24) is 4.98 Å². The summed E-state index contributed by atoms with van der Waals surface area (Å²) in [5.74, 6) is -0.243. The van der Waals surface area contributed by atoms with Crippen LogP contribution in [0.25, 0.3) is 0 Å². The first-order valence-corrected chi connectivity index (χ1v) is 6.01. The molecule has 0 aliphatic heterocycles. The molecule has 19 heavy (non-hydrogen) atoms. The Labute approximate surface area is 111 Å². The second-order valence-corrected chi connectivity index (χ2v) is 3.93. The topological polar surface area (TPSA) is 85.6 Å². The molecule has 0 fully saturated rings. The molecule has 0 aromatic carbocycles. The maximum atomic E-state index is 11.5. The van der Waals surface area contributed by atoms with Crippen molar-refractivity contribution in [2.75, 3.05) is 24.6 Å². The Bertz CT molecular complexity index is 476. The number of esters is 1. The van der Waals surface area contributed by atoms with Crippen molar-refractivity contribution in [2.24, 2.45) is 0 Å². The zero-order valence-corrected chi connectivity index (χ0v) is 11.3. The average molecular weight is 267 g/mol. The number of hydrogen-bond donors (Lipinski definition) is 0. The number of anilines is 1. The predicted octanol–water partition coefficient (Wildman–Crippen LogP) is 1.69. The molecule has 7 heteroatoms. The smallest absolute Gasteiger partial charge is 0.325 e. The van der Waals surface area contributed by atoms with Crippen LogP contribution in [0.5, 0.6) is 0 Å². The largest absolute Gasteiger partial charge is 0.465 e. The van der Waals surface area contributed by atoms with E-state index in [0.29, 0.717) is 12.1 Å². The number of pyridine rings is 1. The fourth-order valence-electron chi connectivity index (χ4n) is 1.62. The van der Waals surface area contributed by atoms with Crippen molar-refractivity contribution >= 4 is 17.5 Å². The number of likely N-dealkylation sites (N-methyl/N-ethyl adjacent to an activating group) is 1. The summed E-state index contributed by atoms with van der Waals surface area (Å²) in [5, 5.41) is 11.0. The molecule has 0 amide bonds. The number of nitro groups is 1. The molecule has 0 saturated carbocycles. The number of nitrogens with zero attached hydrogens (tertiary/aromatic N) is 3. The van der Waals surface area contributed by atoms with E-state index in [1.54, 1.807) is 20.8 Å². The molecule has 0 spiro atoms. The Balaban J connectivity index is 3.04. The minimum absolute atomic E-state index is 0.0543. The standard InChI is InChI=1S/C12H17N3O4/c1-4-14(8-11(16)19-5-2)12-10(15(17)18)6-9(3)7-13-12/h6-7H,4-5,8H2,1-3H3. The SMILES string of the molecule is CCOC(=O)CN(CC)c1ncc(C)cc1[N+](=O)[O-]. The molecular weight excluding hydrogens is 250 g/mol. The molecule has 0 unspecified atom stereocenters. The second kappa shape index (κ2) is 6.67. The Morgan fingerprint density at radius 1 is 1.53 bits per heavy atom. The van der Waals surface area contributed by atoms with E-state index in [9.17, 15) is 14.9 Å². The minimum Gasteiger partial charge on any atom is -0.465 e. The van der Waals surface area contributed by atoms with E-state index < -0.39 is 10.9 Å². The van der Waals surface area contributed by atoms with Crippen molar-refractivity contribution in [2.45, 2.75) is 20.8 Å². The van der Waals surface area contributed by atoms with E-state index in [1.807, 2.05) is 0 Å². The van der Waals surface area contributed by atoms with Crippen LogP contribution >= 0.6 is 0 Å². The highest BCUT2D eigenvalue weighted by atomic mass is 16.6. The lowest BCUT2D eigenvalue weighted by Crippen LogP contribution is -2.32. The third kappa shape index (κ3) is 3.90. The van der Waals surface area contributed by atoms with Gasteiger partial charge in [0.25, 0.3) is 0 Å². The number of aryl methyl sites for hydroxylation is 1. The van der Waals surface area contributed by atoms with Crippen molar-refractivity contribution in [3.05, 3.63) is 27.9 Å². The molecular formula is C12H17N3O4. The third-order valence-electron chi connectivity index (χ3n) is 2.49. The lowest BCUT2D eigenvalue weighted by atomic mass is 10.2. The molecule has 0 saturated heterocycles. The molecule has 0 radical (unpaired) electrons. The minimum atomic E-state index is -0.497. The molecule has 1 heterocycles. The number of carbonyl (C=O) groups is 1. The van der Waals surface area contributed by atoms with Gasteiger partial charge >= 0.3 is 11.7 Å². The van der Waals surface area contributed by atoms with Crippen molar-refractivity contribution in [3.8, 4) is 0 Å². The van der Waals surface area contributed by atoms with Crippen LogP contribution in [0.3, 0.4) is 0 Å². The molecule has 7 nitrogen and oxygen atoms in total. The van der Waals surface area contributed by atoms with Crippen molar-refractivity contribution < 1.29 is 14.5 Å². The number of hydrogen-bond acceptors (Lipinski definition) is 6. The van der Waals surface area contributed by atoms with Crippen molar-refractivity contribution in [3.63, 3.8) is 0 Å². The summed E-state index contributed by atoms with van der Waals surface area (Å²) in [7, 11) is 0. The van der Waals surface area contributed by atoms with Gasteiger partial charge in [-0.2, -0.15) is 0 Å². The number of aromatic nitrogens is 1. The van der Waals surface area contributed by atoms with Gasteiger partial charge in [-0.15, -0.1) is 0 Å². The van der Waals surface area contributed by atoms with Gasteiger partial charge in [0, 0.05) is 18.8 Å². The first-order chi connectivity index (χ1) is 8.99. The maximum absolute atomic E-state index is 11.5. The summed E-state index contributed by atoms with van der Waals surface area (Å²) in [6.07, 6.45) is 1.54. The van der Waals surface area contributed by atoms with Gasteiger partial charge in [-0.25, -0.2) is 4.98 Å². The van der Waals surface area contributed by atoms with Crippen molar-refractivity contribution in [1.29, 1.82) is 0 Å². The van der Waals surface area contributed by atoms with Crippen LogP contribution < -0.4 is 4.90 Å². The summed E-state index contributed by atoms with van der Waals surface area (Å²) in [6.45, 7) is 5.88. The Kier molecular flexibility index (Phi) is 5.23. The summed E-state index contributed by atoms with van der Waals surface area (Å²) in [5.41, 5.74) is 0.591. The average Bonchev–Trinajstić information content (AvgIpc) is 2.36. The monoisotopic (exact) mass is 267 g/mol. The molecule has 1 aromatic heterocycles. The number of rotatable bonds is 6. The molecule has 0 aliphatic carbocycles.